The van der Waals surface area contributed by atoms with Crippen molar-refractivity contribution in [2.24, 2.45) is 0 Å². The Morgan fingerprint density at radius 1 is 1.12 bits per heavy atom. The summed E-state index contributed by atoms with van der Waals surface area (Å²) in [6.45, 7) is 5.53. The van der Waals surface area contributed by atoms with Crippen molar-refractivity contribution in [2.45, 2.75) is 37.7 Å². The van der Waals surface area contributed by atoms with Crippen molar-refractivity contribution < 1.29 is 13.2 Å². The number of anilines is 1. The van der Waals surface area contributed by atoms with E-state index >= 15 is 0 Å². The molecule has 0 N–H and O–H groups in total. The average Bonchev–Trinajstić information content (AvgIpc) is 2.58. The first-order valence-corrected chi connectivity index (χ1v) is 10.2. The van der Waals surface area contributed by atoms with Crippen LogP contribution in [0.15, 0.2) is 35.4 Å². The van der Waals surface area contributed by atoms with Crippen LogP contribution in [0.3, 0.4) is 0 Å². The van der Waals surface area contributed by atoms with Gasteiger partial charge in [-0.15, -0.1) is 0 Å². The normalized spacial score (nSPS) is 16.0. The molecule has 7 heteroatoms. The van der Waals surface area contributed by atoms with Gasteiger partial charge in [0, 0.05) is 44.1 Å². The predicted molar refractivity (Wildman–Crippen MR) is 96.9 cm³/mol. The fourth-order valence-corrected chi connectivity index (χ4v) is 3.55. The zero-order valence-electron chi connectivity index (χ0n) is 14.8. The van der Waals surface area contributed by atoms with Crippen LogP contribution in [0.5, 0.6) is 5.88 Å². The molecule has 25 heavy (non-hydrogen) atoms. The van der Waals surface area contributed by atoms with E-state index in [2.05, 4.69) is 14.9 Å². The van der Waals surface area contributed by atoms with E-state index in [1.165, 1.54) is 6.26 Å². The lowest BCUT2D eigenvalue weighted by Crippen LogP contribution is -2.38. The van der Waals surface area contributed by atoms with E-state index in [1.54, 1.807) is 18.3 Å². The van der Waals surface area contributed by atoms with Crippen molar-refractivity contribution in [3.63, 3.8) is 0 Å². The summed E-state index contributed by atoms with van der Waals surface area (Å²) in [5.74, 6) is 0.621. The highest BCUT2D eigenvalue weighted by Gasteiger charge is 2.22. The van der Waals surface area contributed by atoms with Crippen LogP contribution in [0.4, 0.5) is 5.69 Å². The van der Waals surface area contributed by atoms with Gasteiger partial charge in [-0.1, -0.05) is 0 Å². The molecule has 1 aromatic carbocycles. The molecule has 134 valence electrons. The molecule has 0 saturated carbocycles. The Balaban J connectivity index is 1.61. The molecule has 1 saturated heterocycles. The van der Waals surface area contributed by atoms with Gasteiger partial charge in [0.1, 0.15) is 6.10 Å². The number of piperidine rings is 1. The standard InChI is InChI=1S/C18H23N3O3S/c1-13-12-19-14(2)18(20-13)24-16-8-10-21(11-9-16)15-4-6-17(7-5-15)25(3,22)23/h4-7,12,16H,8-11H2,1-3H3. The van der Waals surface area contributed by atoms with Crippen molar-refractivity contribution in [3.05, 3.63) is 41.9 Å². The molecule has 2 aromatic rings. The maximum absolute atomic E-state index is 11.5. The zero-order chi connectivity index (χ0) is 18.0. The highest BCUT2D eigenvalue weighted by molar-refractivity contribution is 7.90. The highest BCUT2D eigenvalue weighted by Crippen LogP contribution is 2.24. The van der Waals surface area contributed by atoms with Gasteiger partial charge in [0.15, 0.2) is 9.84 Å². The molecule has 2 heterocycles. The Kier molecular flexibility index (Phi) is 4.94. The van der Waals surface area contributed by atoms with Gasteiger partial charge in [0.25, 0.3) is 0 Å². The molecular weight excluding hydrogens is 338 g/mol. The lowest BCUT2D eigenvalue weighted by molar-refractivity contribution is 0.161. The number of sulfone groups is 1. The van der Waals surface area contributed by atoms with E-state index < -0.39 is 9.84 Å². The molecule has 0 aliphatic carbocycles. The molecule has 1 aromatic heterocycles. The topological polar surface area (TPSA) is 72.4 Å². The first-order valence-electron chi connectivity index (χ1n) is 8.35. The molecule has 0 amide bonds. The number of hydrogen-bond acceptors (Lipinski definition) is 6. The first kappa shape index (κ1) is 17.7. The minimum absolute atomic E-state index is 0.126. The SMILES string of the molecule is Cc1cnc(C)c(OC2CCN(c3ccc(S(C)(=O)=O)cc3)CC2)n1. The van der Waals surface area contributed by atoms with Crippen molar-refractivity contribution in [1.29, 1.82) is 0 Å². The third kappa shape index (κ3) is 4.28. The summed E-state index contributed by atoms with van der Waals surface area (Å²) in [5, 5.41) is 0. The summed E-state index contributed by atoms with van der Waals surface area (Å²) in [6.07, 6.45) is 4.87. The van der Waals surface area contributed by atoms with Gasteiger partial charge in [-0.05, 0) is 38.1 Å². The summed E-state index contributed by atoms with van der Waals surface area (Å²) < 4.78 is 29.1. The summed E-state index contributed by atoms with van der Waals surface area (Å²) in [7, 11) is -3.15. The largest absolute Gasteiger partial charge is 0.473 e. The minimum atomic E-state index is -3.15. The molecule has 0 radical (unpaired) electrons. The predicted octanol–water partition coefficient (Wildman–Crippen LogP) is 2.54. The summed E-state index contributed by atoms with van der Waals surface area (Å²) >= 11 is 0. The number of hydrogen-bond donors (Lipinski definition) is 0. The Morgan fingerprint density at radius 2 is 1.76 bits per heavy atom. The van der Waals surface area contributed by atoms with Gasteiger partial charge >= 0.3 is 0 Å². The van der Waals surface area contributed by atoms with E-state index in [0.29, 0.717) is 10.8 Å². The second-order valence-electron chi connectivity index (χ2n) is 6.47. The number of benzene rings is 1. The first-order chi connectivity index (χ1) is 11.8. The summed E-state index contributed by atoms with van der Waals surface area (Å²) in [5.41, 5.74) is 2.70. The Labute approximate surface area is 148 Å². The molecular formula is C18H23N3O3S. The third-order valence-electron chi connectivity index (χ3n) is 4.38. The molecule has 0 spiro atoms. The second kappa shape index (κ2) is 7.00. The van der Waals surface area contributed by atoms with Crippen molar-refractivity contribution in [1.82, 2.24) is 9.97 Å². The van der Waals surface area contributed by atoms with E-state index in [-0.39, 0.29) is 6.10 Å². The van der Waals surface area contributed by atoms with Crippen LogP contribution >= 0.6 is 0 Å². The van der Waals surface area contributed by atoms with E-state index in [0.717, 1.165) is 43.0 Å². The van der Waals surface area contributed by atoms with Crippen LogP contribution in [0.2, 0.25) is 0 Å². The molecule has 0 atom stereocenters. The van der Waals surface area contributed by atoms with Crippen LogP contribution in [0, 0.1) is 13.8 Å². The lowest BCUT2D eigenvalue weighted by Gasteiger charge is -2.33. The summed E-state index contributed by atoms with van der Waals surface area (Å²) in [4.78, 5) is 11.3. The number of aromatic nitrogens is 2. The van der Waals surface area contributed by atoms with Gasteiger partial charge in [-0.3, -0.25) is 4.98 Å². The molecule has 3 rings (SSSR count). The molecule has 1 fully saturated rings. The smallest absolute Gasteiger partial charge is 0.235 e. The van der Waals surface area contributed by atoms with Gasteiger partial charge in [0.2, 0.25) is 5.88 Å². The Bertz CT molecular complexity index is 842. The third-order valence-corrected chi connectivity index (χ3v) is 5.51. The maximum Gasteiger partial charge on any atom is 0.235 e. The highest BCUT2D eigenvalue weighted by atomic mass is 32.2. The zero-order valence-corrected chi connectivity index (χ0v) is 15.6. The fourth-order valence-electron chi connectivity index (χ4n) is 2.92. The van der Waals surface area contributed by atoms with Crippen LogP contribution in [-0.4, -0.2) is 43.8 Å². The molecule has 0 unspecified atom stereocenters. The molecule has 0 bridgehead atoms. The van der Waals surface area contributed by atoms with Crippen LogP contribution < -0.4 is 9.64 Å². The quantitative estimate of drug-likeness (QED) is 0.833. The van der Waals surface area contributed by atoms with E-state index in [1.807, 2.05) is 26.0 Å². The second-order valence-corrected chi connectivity index (χ2v) is 8.49. The Morgan fingerprint density at radius 3 is 2.36 bits per heavy atom. The Hall–Kier alpha value is -2.15. The number of aryl methyl sites for hydroxylation is 2. The van der Waals surface area contributed by atoms with E-state index in [9.17, 15) is 8.42 Å². The van der Waals surface area contributed by atoms with Crippen LogP contribution in [-0.2, 0) is 9.84 Å². The van der Waals surface area contributed by atoms with Gasteiger partial charge in [0.05, 0.1) is 16.3 Å². The average molecular weight is 361 g/mol. The minimum Gasteiger partial charge on any atom is -0.473 e. The van der Waals surface area contributed by atoms with Gasteiger partial charge in [-0.2, -0.15) is 0 Å². The fraction of sp³-hybridized carbons (Fsp3) is 0.444. The monoisotopic (exact) mass is 361 g/mol. The van der Waals surface area contributed by atoms with Gasteiger partial charge in [-0.25, -0.2) is 13.4 Å². The summed E-state index contributed by atoms with van der Waals surface area (Å²) in [6, 6.07) is 7.07. The number of rotatable bonds is 4. The van der Waals surface area contributed by atoms with E-state index in [4.69, 9.17) is 4.74 Å². The molecule has 6 nitrogen and oxygen atoms in total. The number of ether oxygens (including phenoxy) is 1. The van der Waals surface area contributed by atoms with Crippen LogP contribution in [0.25, 0.3) is 0 Å². The number of nitrogens with zero attached hydrogens (tertiary/aromatic N) is 3. The molecule has 1 aliphatic rings. The maximum atomic E-state index is 11.5. The lowest BCUT2D eigenvalue weighted by atomic mass is 10.1. The van der Waals surface area contributed by atoms with Gasteiger partial charge < -0.3 is 9.64 Å². The van der Waals surface area contributed by atoms with Crippen LogP contribution in [0.1, 0.15) is 24.2 Å². The van der Waals surface area contributed by atoms with Crippen molar-refractivity contribution in [3.8, 4) is 5.88 Å². The molecule has 1 aliphatic heterocycles. The van der Waals surface area contributed by atoms with Crippen molar-refractivity contribution in [2.75, 3.05) is 24.2 Å². The van der Waals surface area contributed by atoms with Crippen molar-refractivity contribution >= 4 is 15.5 Å².